The van der Waals surface area contributed by atoms with Crippen LogP contribution in [-0.4, -0.2) is 41.0 Å². The average molecular weight is 223 g/mol. The number of nitrogen functional groups attached to an aromatic ring is 1. The highest BCUT2D eigenvalue weighted by molar-refractivity contribution is 5.54. The van der Waals surface area contributed by atoms with Crippen LogP contribution in [0, 0.1) is 0 Å². The van der Waals surface area contributed by atoms with Crippen molar-refractivity contribution in [2.75, 3.05) is 37.2 Å². The van der Waals surface area contributed by atoms with Crippen molar-refractivity contribution < 1.29 is 0 Å². The molecule has 0 saturated heterocycles. The number of likely N-dealkylation sites (N-methyl/N-ethyl adjacent to an activating group) is 1. The average Bonchev–Trinajstić information content (AvgIpc) is 2.30. The van der Waals surface area contributed by atoms with Crippen molar-refractivity contribution in [2.45, 2.75) is 20.3 Å². The molecule has 1 rings (SSSR count). The molecule has 16 heavy (non-hydrogen) atoms. The highest BCUT2D eigenvalue weighted by atomic mass is 15.1. The van der Waals surface area contributed by atoms with Crippen molar-refractivity contribution in [3.63, 3.8) is 0 Å². The lowest BCUT2D eigenvalue weighted by atomic mass is 10.4. The summed E-state index contributed by atoms with van der Waals surface area (Å²) in [6, 6.07) is 0. The molecular weight excluding hydrogens is 202 g/mol. The Kier molecular flexibility index (Phi) is 5.56. The summed E-state index contributed by atoms with van der Waals surface area (Å²) < 4.78 is 0. The largest absolute Gasteiger partial charge is 0.381 e. The zero-order valence-corrected chi connectivity index (χ0v) is 10.1. The Morgan fingerprint density at radius 1 is 1.25 bits per heavy atom. The van der Waals surface area contributed by atoms with Crippen molar-refractivity contribution in [3.05, 3.63) is 12.4 Å². The maximum Gasteiger partial charge on any atom is 0.168 e. The first-order valence-corrected chi connectivity index (χ1v) is 5.80. The van der Waals surface area contributed by atoms with Crippen LogP contribution in [0.5, 0.6) is 0 Å². The summed E-state index contributed by atoms with van der Waals surface area (Å²) >= 11 is 0. The first kappa shape index (κ1) is 12.7. The highest BCUT2D eigenvalue weighted by Gasteiger charge is 2.02. The monoisotopic (exact) mass is 223 g/mol. The third-order valence-corrected chi connectivity index (χ3v) is 2.43. The third kappa shape index (κ3) is 4.02. The molecule has 5 heteroatoms. The van der Waals surface area contributed by atoms with Gasteiger partial charge in [0.05, 0.1) is 0 Å². The van der Waals surface area contributed by atoms with Gasteiger partial charge >= 0.3 is 0 Å². The second-order valence-corrected chi connectivity index (χ2v) is 3.65. The summed E-state index contributed by atoms with van der Waals surface area (Å²) in [5.74, 6) is 1.14. The lowest BCUT2D eigenvalue weighted by Gasteiger charge is -2.19. The number of hydrogen-bond acceptors (Lipinski definition) is 5. The second-order valence-electron chi connectivity index (χ2n) is 3.65. The van der Waals surface area contributed by atoms with Crippen LogP contribution in [0.25, 0.3) is 0 Å². The summed E-state index contributed by atoms with van der Waals surface area (Å²) in [6.07, 6.45) is 4.42. The molecule has 0 atom stereocenters. The van der Waals surface area contributed by atoms with Gasteiger partial charge < -0.3 is 16.0 Å². The molecule has 0 aliphatic rings. The molecule has 3 N–H and O–H groups in total. The van der Waals surface area contributed by atoms with Gasteiger partial charge in [0, 0.05) is 25.5 Å². The molecule has 0 aliphatic heterocycles. The van der Waals surface area contributed by atoms with E-state index in [2.05, 4.69) is 34.0 Å². The molecule has 1 aromatic rings. The first-order chi connectivity index (χ1) is 7.77. The van der Waals surface area contributed by atoms with Crippen LogP contribution in [0.3, 0.4) is 0 Å². The van der Waals surface area contributed by atoms with Gasteiger partial charge in [-0.2, -0.15) is 0 Å². The van der Waals surface area contributed by atoms with Gasteiger partial charge in [-0.05, 0) is 19.5 Å². The molecule has 0 bridgehead atoms. The minimum Gasteiger partial charge on any atom is -0.381 e. The van der Waals surface area contributed by atoms with E-state index in [4.69, 9.17) is 5.73 Å². The minimum absolute atomic E-state index is 0.459. The van der Waals surface area contributed by atoms with Crippen molar-refractivity contribution >= 4 is 11.6 Å². The van der Waals surface area contributed by atoms with Gasteiger partial charge in [-0.25, -0.2) is 9.97 Å². The topological polar surface area (TPSA) is 67.1 Å². The Hall–Kier alpha value is -1.36. The van der Waals surface area contributed by atoms with E-state index in [1.54, 1.807) is 12.4 Å². The molecule has 0 unspecified atom stereocenters. The SMILES string of the molecule is CCCN(CC)CCNc1nccnc1N. The molecular formula is C11H21N5. The number of nitrogens with one attached hydrogen (secondary N) is 1. The Morgan fingerprint density at radius 3 is 2.62 bits per heavy atom. The molecule has 0 amide bonds. The number of anilines is 2. The second kappa shape index (κ2) is 7.00. The van der Waals surface area contributed by atoms with E-state index in [9.17, 15) is 0 Å². The van der Waals surface area contributed by atoms with E-state index in [0.29, 0.717) is 11.6 Å². The Labute approximate surface area is 97.1 Å². The van der Waals surface area contributed by atoms with Crippen LogP contribution in [0.1, 0.15) is 20.3 Å². The fourth-order valence-electron chi connectivity index (χ4n) is 1.56. The molecule has 0 saturated carbocycles. The maximum atomic E-state index is 5.68. The molecule has 0 radical (unpaired) electrons. The van der Waals surface area contributed by atoms with E-state index in [1.807, 2.05) is 0 Å². The first-order valence-electron chi connectivity index (χ1n) is 5.80. The molecule has 1 heterocycles. The standard InChI is InChI=1S/C11H21N5/c1-3-8-16(4-2)9-7-15-11-10(12)13-5-6-14-11/h5-6H,3-4,7-9H2,1-2H3,(H2,12,13)(H,14,15). The van der Waals surface area contributed by atoms with Crippen LogP contribution in [0.15, 0.2) is 12.4 Å². The summed E-state index contributed by atoms with van der Waals surface area (Å²) in [5, 5.41) is 3.20. The van der Waals surface area contributed by atoms with Crippen molar-refractivity contribution in [3.8, 4) is 0 Å². The van der Waals surface area contributed by atoms with Crippen LogP contribution >= 0.6 is 0 Å². The van der Waals surface area contributed by atoms with Gasteiger partial charge in [-0.1, -0.05) is 13.8 Å². The quantitative estimate of drug-likeness (QED) is 0.727. The summed E-state index contributed by atoms with van der Waals surface area (Å²) in [7, 11) is 0. The van der Waals surface area contributed by atoms with Gasteiger partial charge in [0.1, 0.15) is 0 Å². The smallest absolute Gasteiger partial charge is 0.168 e. The number of nitrogens with zero attached hydrogens (tertiary/aromatic N) is 3. The molecule has 5 nitrogen and oxygen atoms in total. The van der Waals surface area contributed by atoms with E-state index >= 15 is 0 Å². The molecule has 0 aromatic carbocycles. The van der Waals surface area contributed by atoms with Crippen LogP contribution in [0.4, 0.5) is 11.6 Å². The Morgan fingerprint density at radius 2 is 2.00 bits per heavy atom. The predicted octanol–water partition coefficient (Wildman–Crippen LogP) is 1.20. The zero-order valence-electron chi connectivity index (χ0n) is 10.1. The fraction of sp³-hybridized carbons (Fsp3) is 0.636. The van der Waals surface area contributed by atoms with E-state index in [0.717, 1.165) is 26.2 Å². The van der Waals surface area contributed by atoms with Gasteiger partial charge in [-0.3, -0.25) is 0 Å². The zero-order chi connectivity index (χ0) is 11.8. The number of aromatic nitrogens is 2. The predicted molar refractivity (Wildman–Crippen MR) is 67.3 cm³/mol. The maximum absolute atomic E-state index is 5.68. The van der Waals surface area contributed by atoms with Gasteiger partial charge in [0.2, 0.25) is 0 Å². The van der Waals surface area contributed by atoms with E-state index in [1.165, 1.54) is 6.42 Å². The normalized spacial score (nSPS) is 10.7. The van der Waals surface area contributed by atoms with Crippen LogP contribution in [-0.2, 0) is 0 Å². The Balaban J connectivity index is 2.32. The number of nitrogens with two attached hydrogens (primary N) is 1. The van der Waals surface area contributed by atoms with Gasteiger partial charge in [0.25, 0.3) is 0 Å². The van der Waals surface area contributed by atoms with Crippen molar-refractivity contribution in [1.29, 1.82) is 0 Å². The van der Waals surface area contributed by atoms with Crippen molar-refractivity contribution in [2.24, 2.45) is 0 Å². The Bertz CT molecular complexity index is 302. The van der Waals surface area contributed by atoms with Gasteiger partial charge in [-0.15, -0.1) is 0 Å². The summed E-state index contributed by atoms with van der Waals surface area (Å²) in [4.78, 5) is 10.5. The molecule has 0 spiro atoms. The lowest BCUT2D eigenvalue weighted by Crippen LogP contribution is -2.29. The molecule has 1 aromatic heterocycles. The lowest BCUT2D eigenvalue weighted by molar-refractivity contribution is 0.300. The molecule has 0 aliphatic carbocycles. The van der Waals surface area contributed by atoms with E-state index < -0.39 is 0 Å². The molecule has 0 fully saturated rings. The van der Waals surface area contributed by atoms with Crippen molar-refractivity contribution in [1.82, 2.24) is 14.9 Å². The fourth-order valence-corrected chi connectivity index (χ4v) is 1.56. The highest BCUT2D eigenvalue weighted by Crippen LogP contribution is 2.08. The van der Waals surface area contributed by atoms with Crippen LogP contribution < -0.4 is 11.1 Å². The summed E-state index contributed by atoms with van der Waals surface area (Å²) in [6.45, 7) is 8.42. The number of rotatable bonds is 7. The van der Waals surface area contributed by atoms with Crippen LogP contribution in [0.2, 0.25) is 0 Å². The number of hydrogen-bond donors (Lipinski definition) is 2. The van der Waals surface area contributed by atoms with E-state index in [-0.39, 0.29) is 0 Å². The third-order valence-electron chi connectivity index (χ3n) is 2.43. The minimum atomic E-state index is 0.459. The molecule has 90 valence electrons. The van der Waals surface area contributed by atoms with Gasteiger partial charge in [0.15, 0.2) is 11.6 Å². The summed E-state index contributed by atoms with van der Waals surface area (Å²) in [5.41, 5.74) is 5.68.